The van der Waals surface area contributed by atoms with Crippen LogP contribution < -0.4 is 0 Å². The van der Waals surface area contributed by atoms with Gasteiger partial charge in [0, 0.05) is 47.7 Å². The molecule has 0 aliphatic carbocycles. The zero-order valence-electron chi connectivity index (χ0n) is 16.5. The van der Waals surface area contributed by atoms with Crippen LogP contribution in [0.1, 0.15) is 23.2 Å². The van der Waals surface area contributed by atoms with E-state index in [-0.39, 0.29) is 0 Å². The summed E-state index contributed by atoms with van der Waals surface area (Å²) in [6.07, 6.45) is 7.73. The fraction of sp³-hybridized carbons (Fsp3) is 0.273. The summed E-state index contributed by atoms with van der Waals surface area (Å²) in [5.74, 6) is -2.51. The van der Waals surface area contributed by atoms with Gasteiger partial charge in [-0.15, -0.1) is 0 Å². The third-order valence-electron chi connectivity index (χ3n) is 4.38. The highest BCUT2D eigenvalue weighted by Gasteiger charge is 2.17. The van der Waals surface area contributed by atoms with Crippen LogP contribution in [0.5, 0.6) is 0 Å². The molecule has 1 aliphatic heterocycles. The highest BCUT2D eigenvalue weighted by Crippen LogP contribution is 2.32. The first-order valence-electron chi connectivity index (χ1n) is 9.21. The monoisotopic (exact) mass is 416 g/mol. The molecule has 0 fully saturated rings. The van der Waals surface area contributed by atoms with E-state index in [0.717, 1.165) is 31.0 Å². The van der Waals surface area contributed by atoms with Crippen molar-refractivity contribution in [3.05, 3.63) is 76.6 Å². The second kappa shape index (κ2) is 10.6. The van der Waals surface area contributed by atoms with Crippen molar-refractivity contribution >= 4 is 29.1 Å². The molecule has 0 unspecified atom stereocenters. The number of rotatable bonds is 5. The molecule has 0 saturated heterocycles. The van der Waals surface area contributed by atoms with E-state index in [2.05, 4.69) is 60.1 Å². The number of fused-ring (bicyclic) bond motifs is 2. The van der Waals surface area contributed by atoms with E-state index in [4.69, 9.17) is 21.8 Å². The van der Waals surface area contributed by atoms with Crippen LogP contribution in [0, 0.1) is 0 Å². The summed E-state index contributed by atoms with van der Waals surface area (Å²) >= 11 is 6.24. The standard InChI is InChI=1S/C18H21ClN2.C4H4O4/c1-20(2)10-3-5-16-17-13-15(19)8-7-14(17)9-12-21-11-4-6-18(16)21;5-3(6)1-2-4(7)8/h4-8,11,13H,3,9-10,12H2,1-2H3;1-2H,(H,5,6)(H,7,8)/b16-5+;2-1-. The van der Waals surface area contributed by atoms with Crippen molar-refractivity contribution in [1.29, 1.82) is 0 Å². The molecule has 7 heteroatoms. The fourth-order valence-electron chi connectivity index (χ4n) is 3.07. The molecule has 0 atom stereocenters. The van der Waals surface area contributed by atoms with Crippen LogP contribution in [-0.4, -0.2) is 52.3 Å². The lowest BCUT2D eigenvalue weighted by atomic mass is 9.96. The van der Waals surface area contributed by atoms with E-state index in [9.17, 15) is 9.59 Å². The lowest BCUT2D eigenvalue weighted by Gasteiger charge is -2.12. The zero-order chi connectivity index (χ0) is 21.4. The van der Waals surface area contributed by atoms with Crippen molar-refractivity contribution < 1.29 is 19.8 Å². The molecule has 2 aromatic rings. The SMILES string of the molecule is CN(C)CC/C=C1\c2cc(Cl)ccc2CCn2cccc21.O=C(O)/C=C\C(=O)O. The van der Waals surface area contributed by atoms with Gasteiger partial charge in [-0.1, -0.05) is 23.7 Å². The van der Waals surface area contributed by atoms with Crippen LogP contribution in [0.25, 0.3) is 5.57 Å². The molecular weight excluding hydrogens is 392 g/mol. The van der Waals surface area contributed by atoms with Crippen LogP contribution >= 0.6 is 11.6 Å². The number of aryl methyl sites for hydroxylation is 2. The van der Waals surface area contributed by atoms with Crippen LogP contribution in [0.2, 0.25) is 5.02 Å². The smallest absolute Gasteiger partial charge is 0.328 e. The van der Waals surface area contributed by atoms with E-state index < -0.39 is 11.9 Å². The number of hydrogen-bond acceptors (Lipinski definition) is 3. The number of carboxylic acids is 2. The van der Waals surface area contributed by atoms with Gasteiger partial charge in [0.1, 0.15) is 0 Å². The molecule has 0 bridgehead atoms. The maximum Gasteiger partial charge on any atom is 0.328 e. The number of nitrogens with zero attached hydrogens (tertiary/aromatic N) is 2. The average molecular weight is 417 g/mol. The molecule has 2 N–H and O–H groups in total. The van der Waals surface area contributed by atoms with E-state index in [1.54, 1.807) is 0 Å². The van der Waals surface area contributed by atoms with E-state index in [0.29, 0.717) is 12.2 Å². The Bertz CT molecular complexity index is 913. The zero-order valence-corrected chi connectivity index (χ0v) is 17.3. The van der Waals surface area contributed by atoms with Crippen molar-refractivity contribution in [3.8, 4) is 0 Å². The lowest BCUT2D eigenvalue weighted by Crippen LogP contribution is -2.12. The van der Waals surface area contributed by atoms with Gasteiger partial charge in [0.05, 0.1) is 0 Å². The molecule has 3 rings (SSSR count). The maximum atomic E-state index is 9.55. The van der Waals surface area contributed by atoms with Crippen LogP contribution in [0.3, 0.4) is 0 Å². The van der Waals surface area contributed by atoms with Gasteiger partial charge in [-0.05, 0) is 62.3 Å². The minimum Gasteiger partial charge on any atom is -0.478 e. The van der Waals surface area contributed by atoms with E-state index in [1.165, 1.54) is 22.4 Å². The van der Waals surface area contributed by atoms with Crippen molar-refractivity contribution in [2.24, 2.45) is 0 Å². The first-order chi connectivity index (χ1) is 13.8. The Hall–Kier alpha value is -2.83. The van der Waals surface area contributed by atoms with Gasteiger partial charge in [0.2, 0.25) is 0 Å². The van der Waals surface area contributed by atoms with Crippen LogP contribution in [0.4, 0.5) is 0 Å². The second-order valence-corrected chi connectivity index (χ2v) is 7.29. The highest BCUT2D eigenvalue weighted by molar-refractivity contribution is 6.30. The van der Waals surface area contributed by atoms with E-state index >= 15 is 0 Å². The number of hydrogen-bond donors (Lipinski definition) is 2. The summed E-state index contributed by atoms with van der Waals surface area (Å²) in [7, 11) is 4.22. The number of carboxylic acid groups (broad SMARTS) is 2. The number of carbonyl (C=O) groups is 2. The first kappa shape index (κ1) is 22.5. The first-order valence-corrected chi connectivity index (χ1v) is 9.59. The third kappa shape index (κ3) is 6.93. The summed E-state index contributed by atoms with van der Waals surface area (Å²) < 4.78 is 2.34. The normalized spacial score (nSPS) is 14.1. The van der Waals surface area contributed by atoms with Crippen molar-refractivity contribution in [1.82, 2.24) is 9.47 Å². The minimum absolute atomic E-state index is 0.558. The van der Waals surface area contributed by atoms with Gasteiger partial charge in [0.15, 0.2) is 0 Å². The van der Waals surface area contributed by atoms with Crippen LogP contribution in [-0.2, 0) is 22.6 Å². The molecule has 0 amide bonds. The van der Waals surface area contributed by atoms with Gasteiger partial charge in [-0.3, -0.25) is 0 Å². The summed E-state index contributed by atoms with van der Waals surface area (Å²) in [6.45, 7) is 2.09. The van der Waals surface area contributed by atoms with Gasteiger partial charge < -0.3 is 19.7 Å². The number of benzene rings is 1. The third-order valence-corrected chi connectivity index (χ3v) is 4.62. The molecule has 1 aromatic carbocycles. The molecule has 2 heterocycles. The van der Waals surface area contributed by atoms with Crippen molar-refractivity contribution in [2.45, 2.75) is 19.4 Å². The minimum atomic E-state index is -1.26. The van der Waals surface area contributed by atoms with Crippen LogP contribution in [0.15, 0.2) is 54.8 Å². The largest absolute Gasteiger partial charge is 0.478 e. The molecule has 0 radical (unpaired) electrons. The predicted octanol–water partition coefficient (Wildman–Crippen LogP) is 3.79. The molecule has 1 aromatic heterocycles. The summed E-state index contributed by atoms with van der Waals surface area (Å²) in [6, 6.07) is 10.6. The van der Waals surface area contributed by atoms with Gasteiger partial charge >= 0.3 is 11.9 Å². The Morgan fingerprint density at radius 2 is 1.86 bits per heavy atom. The molecule has 0 spiro atoms. The number of aromatic nitrogens is 1. The Morgan fingerprint density at radius 1 is 1.17 bits per heavy atom. The quantitative estimate of drug-likeness (QED) is 0.724. The Labute approximate surface area is 175 Å². The molecule has 1 aliphatic rings. The molecule has 154 valence electrons. The number of halogens is 1. The van der Waals surface area contributed by atoms with Gasteiger partial charge in [0.25, 0.3) is 0 Å². The second-order valence-electron chi connectivity index (χ2n) is 6.86. The Balaban J connectivity index is 0.000000321. The van der Waals surface area contributed by atoms with E-state index in [1.807, 2.05) is 6.07 Å². The van der Waals surface area contributed by atoms with Gasteiger partial charge in [-0.25, -0.2) is 9.59 Å². The van der Waals surface area contributed by atoms with Crippen molar-refractivity contribution in [3.63, 3.8) is 0 Å². The topological polar surface area (TPSA) is 82.8 Å². The lowest BCUT2D eigenvalue weighted by molar-refractivity contribution is -0.134. The fourth-order valence-corrected chi connectivity index (χ4v) is 3.25. The predicted molar refractivity (Wildman–Crippen MR) is 114 cm³/mol. The molecular formula is C22H25ClN2O4. The summed E-state index contributed by atoms with van der Waals surface area (Å²) in [5, 5.41) is 16.4. The Kier molecular flexibility index (Phi) is 8.24. The summed E-state index contributed by atoms with van der Waals surface area (Å²) in [5.41, 5.74) is 5.30. The highest BCUT2D eigenvalue weighted by atomic mass is 35.5. The molecule has 0 saturated carbocycles. The Morgan fingerprint density at radius 3 is 2.48 bits per heavy atom. The van der Waals surface area contributed by atoms with Gasteiger partial charge in [-0.2, -0.15) is 0 Å². The summed E-state index contributed by atoms with van der Waals surface area (Å²) in [4.78, 5) is 21.3. The maximum absolute atomic E-state index is 9.55. The molecule has 29 heavy (non-hydrogen) atoms. The van der Waals surface area contributed by atoms with Crippen molar-refractivity contribution in [2.75, 3.05) is 20.6 Å². The number of aliphatic carboxylic acids is 2. The average Bonchev–Trinajstić information content (AvgIpc) is 3.06. The molecule has 6 nitrogen and oxygen atoms in total.